The predicted octanol–water partition coefficient (Wildman–Crippen LogP) is -4.17. The monoisotopic (exact) mass is 289 g/mol. The van der Waals surface area contributed by atoms with Crippen LogP contribution in [0.4, 0.5) is 0 Å². The molecule has 1 rings (SSSR count). The molecule has 6 atom stereocenters. The molecule has 108 valence electrons. The van der Waals surface area contributed by atoms with Crippen molar-refractivity contribution in [1.82, 2.24) is 5.09 Å². The van der Waals surface area contributed by atoms with E-state index in [0.717, 1.165) is 0 Å². The highest BCUT2D eigenvalue weighted by atomic mass is 31.2. The first-order chi connectivity index (χ1) is 8.17. The summed E-state index contributed by atoms with van der Waals surface area (Å²) in [5, 5.41) is 48.1. The van der Waals surface area contributed by atoms with Gasteiger partial charge in [0, 0.05) is 0 Å². The van der Waals surface area contributed by atoms with Crippen LogP contribution >= 0.6 is 7.75 Å². The Labute approximate surface area is 102 Å². The molecule has 0 aromatic heterocycles. The Morgan fingerprint density at radius 1 is 1.17 bits per heavy atom. The minimum atomic E-state index is -4.75. The third-order valence-electron chi connectivity index (χ3n) is 2.51. The maximum Gasteiger partial charge on any atom is 0.402 e. The van der Waals surface area contributed by atoms with Crippen LogP contribution in [0, 0.1) is 0 Å². The fourth-order valence-corrected chi connectivity index (χ4v) is 2.15. The Balaban J connectivity index is 2.84. The molecule has 1 fully saturated rings. The third kappa shape index (κ3) is 3.68. The first-order valence-corrected chi connectivity index (χ1v) is 6.60. The molecule has 0 saturated carbocycles. The zero-order valence-corrected chi connectivity index (χ0v) is 9.96. The molecule has 1 heterocycles. The van der Waals surface area contributed by atoms with Gasteiger partial charge in [-0.25, -0.2) is 4.57 Å². The molecule has 0 amide bonds. The second-order valence-electron chi connectivity index (χ2n) is 3.92. The minimum Gasteiger partial charge on any atom is -0.394 e. The van der Waals surface area contributed by atoms with Crippen molar-refractivity contribution in [2.24, 2.45) is 0 Å². The van der Waals surface area contributed by atoms with E-state index in [2.05, 4.69) is 0 Å². The van der Waals surface area contributed by atoms with E-state index in [4.69, 9.17) is 19.6 Å². The van der Waals surface area contributed by atoms with Gasteiger partial charge in [0.25, 0.3) is 0 Å². The number of nitrogens with one attached hydrogen (secondary N) is 1. The predicted molar refractivity (Wildman–Crippen MR) is 55.0 cm³/mol. The van der Waals surface area contributed by atoms with Crippen LogP contribution in [0.3, 0.4) is 0 Å². The fourth-order valence-electron chi connectivity index (χ4n) is 1.60. The summed E-state index contributed by atoms with van der Waals surface area (Å²) in [6.45, 7) is -0.798. The van der Waals surface area contributed by atoms with E-state index < -0.39 is 51.1 Å². The van der Waals surface area contributed by atoms with Crippen LogP contribution in [-0.4, -0.2) is 78.7 Å². The molecule has 1 aliphatic heterocycles. The highest BCUT2D eigenvalue weighted by molar-refractivity contribution is 7.49. The van der Waals surface area contributed by atoms with Gasteiger partial charge in [-0.1, -0.05) is 0 Å². The lowest BCUT2D eigenvalue weighted by atomic mass is 9.95. The standard InChI is InChI=1S/C7H16NO9P/c9-1-2(10)6-4(12)3(11)5(13)7(17-6)8-18(14,15)16/h2-7,9-13H,1H2,(H3,8,14,15,16)/t2-,3+,4+,5+,6-,7+/m1/s1. The minimum absolute atomic E-state index is 0.798. The summed E-state index contributed by atoms with van der Waals surface area (Å²) in [4.78, 5) is 17.3. The molecule has 10 nitrogen and oxygen atoms in total. The first-order valence-electron chi connectivity index (χ1n) is 4.99. The van der Waals surface area contributed by atoms with Crippen molar-refractivity contribution in [2.75, 3.05) is 6.61 Å². The number of rotatable bonds is 4. The fraction of sp³-hybridized carbons (Fsp3) is 1.00. The van der Waals surface area contributed by atoms with Crippen LogP contribution in [0.15, 0.2) is 0 Å². The van der Waals surface area contributed by atoms with E-state index in [-0.39, 0.29) is 0 Å². The Kier molecular flexibility index (Phi) is 5.21. The molecular weight excluding hydrogens is 273 g/mol. The molecular formula is C7H16NO9P. The Hall–Kier alpha value is -0.130. The van der Waals surface area contributed by atoms with Gasteiger partial charge in [-0.05, 0) is 0 Å². The van der Waals surface area contributed by atoms with Gasteiger partial charge in [-0.2, -0.15) is 5.09 Å². The molecule has 0 aromatic carbocycles. The van der Waals surface area contributed by atoms with Gasteiger partial charge in [-0.3, -0.25) is 0 Å². The average Bonchev–Trinajstić information content (AvgIpc) is 2.27. The average molecular weight is 289 g/mol. The molecule has 0 spiro atoms. The Morgan fingerprint density at radius 3 is 2.17 bits per heavy atom. The van der Waals surface area contributed by atoms with E-state index in [0.29, 0.717) is 0 Å². The van der Waals surface area contributed by atoms with Crippen LogP contribution in [0.2, 0.25) is 0 Å². The summed E-state index contributed by atoms with van der Waals surface area (Å²) in [7, 11) is -4.75. The molecule has 0 radical (unpaired) electrons. The molecule has 1 aliphatic rings. The molecule has 0 aromatic rings. The van der Waals surface area contributed by atoms with Gasteiger partial charge in [0.2, 0.25) is 0 Å². The van der Waals surface area contributed by atoms with Crippen LogP contribution < -0.4 is 5.09 Å². The normalized spacial score (nSPS) is 39.6. The summed E-state index contributed by atoms with van der Waals surface area (Å²) in [6, 6.07) is 0. The summed E-state index contributed by atoms with van der Waals surface area (Å²) in [5.74, 6) is 0. The third-order valence-corrected chi connectivity index (χ3v) is 3.10. The SMILES string of the molecule is O=P(O)(O)N[C@H]1O[C@H]([C@H](O)CO)[C@@H](O)[C@H](O)[C@@H]1O. The van der Waals surface area contributed by atoms with Crippen LogP contribution in [-0.2, 0) is 9.30 Å². The quantitative estimate of drug-likeness (QED) is 0.236. The van der Waals surface area contributed by atoms with E-state index in [9.17, 15) is 25.0 Å². The summed E-state index contributed by atoms with van der Waals surface area (Å²) >= 11 is 0. The number of aliphatic hydroxyl groups excluding tert-OH is 5. The van der Waals surface area contributed by atoms with Crippen LogP contribution in [0.25, 0.3) is 0 Å². The summed E-state index contributed by atoms with van der Waals surface area (Å²) in [6.07, 6.45) is -10.1. The van der Waals surface area contributed by atoms with Crippen molar-refractivity contribution >= 4 is 7.75 Å². The molecule has 0 unspecified atom stereocenters. The van der Waals surface area contributed by atoms with E-state index in [1.807, 2.05) is 0 Å². The van der Waals surface area contributed by atoms with Gasteiger partial charge >= 0.3 is 7.75 Å². The first kappa shape index (κ1) is 15.9. The van der Waals surface area contributed by atoms with Crippen molar-refractivity contribution in [3.63, 3.8) is 0 Å². The van der Waals surface area contributed by atoms with Gasteiger partial charge in [0.05, 0.1) is 6.61 Å². The topological polar surface area (TPSA) is 180 Å². The van der Waals surface area contributed by atoms with E-state index >= 15 is 0 Å². The number of hydrogen-bond donors (Lipinski definition) is 8. The van der Waals surface area contributed by atoms with Crippen molar-refractivity contribution in [1.29, 1.82) is 0 Å². The molecule has 0 aliphatic carbocycles. The van der Waals surface area contributed by atoms with Gasteiger partial charge in [0.1, 0.15) is 36.7 Å². The van der Waals surface area contributed by atoms with Gasteiger partial charge in [-0.15, -0.1) is 0 Å². The molecule has 11 heteroatoms. The molecule has 8 N–H and O–H groups in total. The number of hydrogen-bond acceptors (Lipinski definition) is 7. The lowest BCUT2D eigenvalue weighted by molar-refractivity contribution is -0.248. The van der Waals surface area contributed by atoms with Crippen molar-refractivity contribution < 1.29 is 44.6 Å². The second-order valence-corrected chi connectivity index (χ2v) is 5.26. The largest absolute Gasteiger partial charge is 0.402 e. The van der Waals surface area contributed by atoms with Gasteiger partial charge in [0.15, 0.2) is 0 Å². The number of ether oxygens (including phenoxy) is 1. The maximum absolute atomic E-state index is 10.7. The zero-order valence-electron chi connectivity index (χ0n) is 9.07. The molecule has 18 heavy (non-hydrogen) atoms. The zero-order chi connectivity index (χ0) is 14.1. The highest BCUT2D eigenvalue weighted by Gasteiger charge is 2.47. The second kappa shape index (κ2) is 5.88. The van der Waals surface area contributed by atoms with Crippen LogP contribution in [0.5, 0.6) is 0 Å². The highest BCUT2D eigenvalue weighted by Crippen LogP contribution is 2.33. The Morgan fingerprint density at radius 2 is 1.72 bits per heavy atom. The molecule has 0 bridgehead atoms. The maximum atomic E-state index is 10.7. The summed E-state index contributed by atoms with van der Waals surface area (Å²) < 4.78 is 15.6. The number of aliphatic hydroxyl groups is 5. The van der Waals surface area contributed by atoms with Crippen LogP contribution in [0.1, 0.15) is 0 Å². The van der Waals surface area contributed by atoms with E-state index in [1.165, 1.54) is 0 Å². The van der Waals surface area contributed by atoms with Crippen molar-refractivity contribution in [3.05, 3.63) is 0 Å². The lowest BCUT2D eigenvalue weighted by Crippen LogP contribution is -2.64. The smallest absolute Gasteiger partial charge is 0.394 e. The van der Waals surface area contributed by atoms with Crippen molar-refractivity contribution in [3.8, 4) is 0 Å². The van der Waals surface area contributed by atoms with E-state index in [1.54, 1.807) is 5.09 Å². The molecule has 1 saturated heterocycles. The lowest BCUT2D eigenvalue weighted by Gasteiger charge is -2.42. The van der Waals surface area contributed by atoms with Gasteiger partial charge < -0.3 is 40.1 Å². The van der Waals surface area contributed by atoms with Crippen molar-refractivity contribution in [2.45, 2.75) is 36.7 Å². The Bertz CT molecular complexity index is 322. The summed E-state index contributed by atoms with van der Waals surface area (Å²) in [5.41, 5.74) is 0.